The van der Waals surface area contributed by atoms with E-state index in [-0.39, 0.29) is 34.8 Å². The lowest BCUT2D eigenvalue weighted by atomic mass is 9.46. The number of allylic oxidation sites excluding steroid dienone is 1. The Hall–Kier alpha value is -1.88. The molecule has 0 aromatic carbocycles. The van der Waals surface area contributed by atoms with Crippen LogP contribution < -0.4 is 15.3 Å². The molecular weight excluding hydrogens is 394 g/mol. The van der Waals surface area contributed by atoms with Gasteiger partial charge in [-0.05, 0) is 43.9 Å². The Balaban J connectivity index is 1.75. The first-order valence-electron chi connectivity index (χ1n) is 11.5. The van der Waals surface area contributed by atoms with Gasteiger partial charge < -0.3 is 25.1 Å². The van der Waals surface area contributed by atoms with Crippen LogP contribution in [0.4, 0.5) is 0 Å². The van der Waals surface area contributed by atoms with Crippen LogP contribution in [-0.2, 0) is 9.53 Å². The van der Waals surface area contributed by atoms with Crippen molar-refractivity contribution in [1.29, 1.82) is 0 Å². The molecule has 3 aliphatic carbocycles. The van der Waals surface area contributed by atoms with Gasteiger partial charge in [-0.25, -0.2) is 4.99 Å². The number of aliphatic carboxylic acids is 1. The summed E-state index contributed by atoms with van der Waals surface area (Å²) in [6.45, 7) is 4.72. The van der Waals surface area contributed by atoms with Gasteiger partial charge in [-0.15, -0.1) is 0 Å². The van der Waals surface area contributed by atoms with E-state index >= 15 is 0 Å². The highest BCUT2D eigenvalue weighted by Gasteiger charge is 2.75. The highest BCUT2D eigenvalue weighted by molar-refractivity contribution is 5.90. The standard InChI is InChI=1S/C24H33N3O4/c1-15-10-16-6-4-8-26-21(25-2)27-9-5-7-22(13-27)17(16)11-18-19(20(28)29)23(30,14-31-3)12-24(15,18)22/h15-17,30H,5,7-14H2,1-3H3,(H,25,26)(H,28,29)/t15-,16-,17+,22-,23+,24+/m1/s1. The van der Waals surface area contributed by atoms with Crippen LogP contribution in [-0.4, -0.2) is 63.0 Å². The zero-order valence-electron chi connectivity index (χ0n) is 18.7. The number of carboxylic acids is 1. The number of ether oxygens (including phenoxy) is 1. The first-order chi connectivity index (χ1) is 14.8. The van der Waals surface area contributed by atoms with Crippen LogP contribution in [0.1, 0.15) is 39.0 Å². The summed E-state index contributed by atoms with van der Waals surface area (Å²) in [6, 6.07) is 0. The van der Waals surface area contributed by atoms with Crippen molar-refractivity contribution in [3.8, 4) is 11.8 Å². The van der Waals surface area contributed by atoms with Crippen molar-refractivity contribution >= 4 is 11.9 Å². The van der Waals surface area contributed by atoms with Gasteiger partial charge >= 0.3 is 0 Å². The summed E-state index contributed by atoms with van der Waals surface area (Å²) in [7, 11) is 3.34. The molecule has 5 aliphatic rings. The van der Waals surface area contributed by atoms with Crippen molar-refractivity contribution in [3.05, 3.63) is 11.1 Å². The van der Waals surface area contributed by atoms with Crippen molar-refractivity contribution in [3.63, 3.8) is 0 Å². The molecule has 5 rings (SSSR count). The van der Waals surface area contributed by atoms with Gasteiger partial charge in [0.15, 0.2) is 0 Å². The second-order valence-corrected chi connectivity index (χ2v) is 10.3. The number of nitrogens with zero attached hydrogens (tertiary/aromatic N) is 1. The molecule has 2 heterocycles. The second-order valence-electron chi connectivity index (χ2n) is 10.3. The molecule has 0 amide bonds. The largest absolute Gasteiger partial charge is 0.545 e. The van der Waals surface area contributed by atoms with Crippen LogP contribution in [0.3, 0.4) is 0 Å². The molecular formula is C24H33N3O4. The number of hydrogen-bond donors (Lipinski definition) is 3. The van der Waals surface area contributed by atoms with Crippen LogP contribution >= 0.6 is 0 Å². The fraction of sp³-hybridized carbons (Fsp3) is 0.750. The highest BCUT2D eigenvalue weighted by Crippen LogP contribution is 2.76. The Labute approximate surface area is 183 Å². The Kier molecular flexibility index (Phi) is 4.78. The summed E-state index contributed by atoms with van der Waals surface area (Å²) >= 11 is 0. The van der Waals surface area contributed by atoms with Crippen LogP contribution in [0.2, 0.25) is 0 Å². The molecule has 2 saturated carbocycles. The Bertz CT molecular complexity index is 933. The lowest BCUT2D eigenvalue weighted by Gasteiger charge is -2.58. The molecule has 0 aromatic heterocycles. The predicted octanol–water partition coefficient (Wildman–Crippen LogP) is -1.27. The molecule has 7 atom stereocenters. The minimum Gasteiger partial charge on any atom is -0.545 e. The van der Waals surface area contributed by atoms with Gasteiger partial charge in [0.1, 0.15) is 5.60 Å². The van der Waals surface area contributed by atoms with E-state index in [2.05, 4.69) is 29.1 Å². The van der Waals surface area contributed by atoms with Gasteiger partial charge in [0.2, 0.25) is 0 Å². The SMILES string of the molecule is CN=C1NCC#C[C@@H]2C[C@@H](C)[C@@]34C[C@](O)(COC)C(C(=O)[O-])=C3C[C@@H]2[C@]42CCC[NH+]1C2. The second kappa shape index (κ2) is 7.06. The zero-order valence-corrected chi connectivity index (χ0v) is 18.7. The van der Waals surface area contributed by atoms with Crippen molar-refractivity contribution in [2.75, 3.05) is 40.4 Å². The van der Waals surface area contributed by atoms with Gasteiger partial charge in [0.25, 0.3) is 5.96 Å². The third-order valence-corrected chi connectivity index (χ3v) is 9.24. The summed E-state index contributed by atoms with van der Waals surface area (Å²) in [5.41, 5.74) is -0.941. The molecule has 1 saturated heterocycles. The van der Waals surface area contributed by atoms with E-state index in [1.54, 1.807) is 0 Å². The summed E-state index contributed by atoms with van der Waals surface area (Å²) in [5, 5.41) is 27.4. The number of hydrogen-bond acceptors (Lipinski definition) is 5. The average Bonchev–Trinajstić information content (AvgIpc) is 3.08. The van der Waals surface area contributed by atoms with E-state index in [1.165, 1.54) is 12.0 Å². The molecule has 7 nitrogen and oxygen atoms in total. The molecule has 0 aromatic rings. The monoisotopic (exact) mass is 427 g/mol. The summed E-state index contributed by atoms with van der Waals surface area (Å²) in [6.07, 6.45) is 4.13. The van der Waals surface area contributed by atoms with E-state index in [9.17, 15) is 15.0 Å². The molecule has 2 aliphatic heterocycles. The van der Waals surface area contributed by atoms with Crippen molar-refractivity contribution < 1.29 is 24.6 Å². The number of rotatable bonds is 3. The van der Waals surface area contributed by atoms with Crippen LogP contribution in [0.15, 0.2) is 16.1 Å². The number of nitrogens with one attached hydrogen (secondary N) is 2. The van der Waals surface area contributed by atoms with Gasteiger partial charge in [-0.1, -0.05) is 24.3 Å². The molecule has 31 heavy (non-hydrogen) atoms. The number of piperidine rings is 1. The van der Waals surface area contributed by atoms with Crippen molar-refractivity contribution in [2.45, 2.75) is 44.6 Å². The maximum absolute atomic E-state index is 12.4. The fourth-order valence-electron chi connectivity index (χ4n) is 8.48. The number of carbonyl (C=O) groups is 1. The minimum atomic E-state index is -1.50. The number of carbonyl (C=O) groups excluding carboxylic acids is 1. The number of aliphatic imine (C=N–C) groups is 1. The lowest BCUT2D eigenvalue weighted by molar-refractivity contribution is -0.827. The minimum absolute atomic E-state index is 0.0158. The van der Waals surface area contributed by atoms with Crippen LogP contribution in [0.5, 0.6) is 0 Å². The van der Waals surface area contributed by atoms with Gasteiger partial charge in [0.05, 0.1) is 32.2 Å². The van der Waals surface area contributed by atoms with E-state index in [0.717, 1.165) is 43.9 Å². The van der Waals surface area contributed by atoms with E-state index < -0.39 is 11.6 Å². The van der Waals surface area contributed by atoms with Crippen LogP contribution in [0.25, 0.3) is 0 Å². The van der Waals surface area contributed by atoms with Crippen molar-refractivity contribution in [1.82, 2.24) is 5.32 Å². The Morgan fingerprint density at radius 1 is 1.48 bits per heavy atom. The number of guanidine groups is 1. The first-order valence-corrected chi connectivity index (χ1v) is 11.5. The Morgan fingerprint density at radius 2 is 2.29 bits per heavy atom. The molecule has 3 fully saturated rings. The number of methoxy groups -OCH3 is 1. The van der Waals surface area contributed by atoms with E-state index in [1.807, 2.05) is 7.05 Å². The maximum Gasteiger partial charge on any atom is 0.296 e. The number of fused-ring (bicyclic) bond motifs is 1. The molecule has 1 unspecified atom stereocenters. The molecule has 0 radical (unpaired) electrons. The molecule has 7 heteroatoms. The summed E-state index contributed by atoms with van der Waals surface area (Å²) in [4.78, 5) is 18.2. The maximum atomic E-state index is 12.4. The molecule has 3 N–H and O–H groups in total. The average molecular weight is 428 g/mol. The first kappa shape index (κ1) is 21.0. The van der Waals surface area contributed by atoms with Gasteiger partial charge in [0, 0.05) is 36.5 Å². The quantitative estimate of drug-likeness (QED) is 0.488. The molecule has 5 bridgehead atoms. The topological polar surface area (TPSA) is 98.4 Å². The summed E-state index contributed by atoms with van der Waals surface area (Å²) < 4.78 is 5.33. The zero-order chi connectivity index (χ0) is 22.0. The number of aliphatic hydroxyl groups is 1. The smallest absolute Gasteiger partial charge is 0.296 e. The van der Waals surface area contributed by atoms with Crippen molar-refractivity contribution in [2.24, 2.45) is 33.6 Å². The van der Waals surface area contributed by atoms with Crippen LogP contribution in [0, 0.1) is 40.4 Å². The highest BCUT2D eigenvalue weighted by atomic mass is 16.5. The van der Waals surface area contributed by atoms with E-state index in [4.69, 9.17) is 4.74 Å². The third kappa shape index (κ3) is 2.59. The third-order valence-electron chi connectivity index (χ3n) is 9.24. The lowest BCUT2D eigenvalue weighted by Crippen LogP contribution is -3.19. The van der Waals surface area contributed by atoms with Gasteiger partial charge in [-0.2, -0.15) is 0 Å². The molecule has 2 spiro atoms. The number of carboxylic acid groups (broad SMARTS) is 1. The Morgan fingerprint density at radius 3 is 3.00 bits per heavy atom. The van der Waals surface area contributed by atoms with E-state index in [0.29, 0.717) is 25.3 Å². The normalized spacial score (nSPS) is 46.8. The number of quaternary nitrogens is 1. The molecule has 168 valence electrons. The predicted molar refractivity (Wildman–Crippen MR) is 113 cm³/mol. The summed E-state index contributed by atoms with van der Waals surface area (Å²) in [5.74, 6) is 7.36. The fourth-order valence-corrected chi connectivity index (χ4v) is 8.48. The van der Waals surface area contributed by atoms with Gasteiger partial charge in [-0.3, -0.25) is 4.90 Å².